The van der Waals surface area contributed by atoms with Crippen LogP contribution in [0.25, 0.3) is 27.5 Å². The first-order valence-electron chi connectivity index (χ1n) is 9.04. The van der Waals surface area contributed by atoms with Crippen molar-refractivity contribution in [2.75, 3.05) is 18.1 Å². The number of hydrogen-bond acceptors (Lipinski definition) is 4. The molecular formula is C21H20N4O. The number of fused-ring (bicyclic) bond motifs is 2. The summed E-state index contributed by atoms with van der Waals surface area (Å²) in [6.45, 7) is 1.11. The Balaban J connectivity index is 1.64. The Morgan fingerprint density at radius 3 is 2.85 bits per heavy atom. The van der Waals surface area contributed by atoms with Gasteiger partial charge >= 0.3 is 0 Å². The van der Waals surface area contributed by atoms with Crippen LogP contribution in [0.4, 0.5) is 5.82 Å². The third kappa shape index (κ3) is 2.35. The zero-order chi connectivity index (χ0) is 17.5. The van der Waals surface area contributed by atoms with Crippen LogP contribution < -0.4 is 4.90 Å². The molecule has 0 saturated carbocycles. The predicted octanol–water partition coefficient (Wildman–Crippen LogP) is 3.51. The fraction of sp³-hybridized carbons (Fsp3) is 0.238. The lowest BCUT2D eigenvalue weighted by Crippen LogP contribution is -2.33. The van der Waals surface area contributed by atoms with Crippen LogP contribution in [0.15, 0.2) is 60.9 Å². The van der Waals surface area contributed by atoms with Gasteiger partial charge in [0, 0.05) is 18.3 Å². The van der Waals surface area contributed by atoms with E-state index in [1.54, 1.807) is 0 Å². The molecule has 2 aromatic heterocycles. The van der Waals surface area contributed by atoms with E-state index in [4.69, 9.17) is 0 Å². The van der Waals surface area contributed by atoms with Crippen LogP contribution >= 0.6 is 0 Å². The lowest BCUT2D eigenvalue weighted by Gasteiger charge is -2.25. The molecule has 4 aromatic rings. The van der Waals surface area contributed by atoms with Gasteiger partial charge in [0.2, 0.25) is 0 Å². The van der Waals surface area contributed by atoms with E-state index in [2.05, 4.69) is 57.4 Å². The molecule has 1 aliphatic rings. The largest absolute Gasteiger partial charge is 0.394 e. The molecule has 26 heavy (non-hydrogen) atoms. The van der Waals surface area contributed by atoms with Gasteiger partial charge in [-0.05, 0) is 41.3 Å². The second kappa shape index (κ2) is 6.11. The van der Waals surface area contributed by atoms with E-state index >= 15 is 0 Å². The van der Waals surface area contributed by atoms with Crippen LogP contribution in [0.5, 0.6) is 0 Å². The van der Waals surface area contributed by atoms with Gasteiger partial charge < -0.3 is 10.0 Å². The maximum absolute atomic E-state index is 9.67. The molecule has 130 valence electrons. The summed E-state index contributed by atoms with van der Waals surface area (Å²) in [6, 6.07) is 17.0. The van der Waals surface area contributed by atoms with Gasteiger partial charge in [-0.15, -0.1) is 0 Å². The minimum Gasteiger partial charge on any atom is -0.394 e. The number of aliphatic hydroxyl groups is 1. The molecule has 0 aliphatic carbocycles. The Hall–Kier alpha value is -2.92. The highest BCUT2D eigenvalue weighted by molar-refractivity contribution is 5.89. The van der Waals surface area contributed by atoms with Crippen molar-refractivity contribution in [2.45, 2.75) is 18.9 Å². The molecule has 1 saturated heterocycles. The first-order valence-corrected chi connectivity index (χ1v) is 9.04. The number of aromatic nitrogens is 3. The van der Waals surface area contributed by atoms with Crippen molar-refractivity contribution < 1.29 is 5.11 Å². The van der Waals surface area contributed by atoms with Gasteiger partial charge in [0.05, 0.1) is 18.8 Å². The van der Waals surface area contributed by atoms with Crippen molar-refractivity contribution >= 4 is 22.2 Å². The second-order valence-electron chi connectivity index (χ2n) is 6.83. The topological polar surface area (TPSA) is 53.7 Å². The van der Waals surface area contributed by atoms with Crippen LogP contribution in [0.1, 0.15) is 12.8 Å². The summed E-state index contributed by atoms with van der Waals surface area (Å²) in [6.07, 6.45) is 5.83. The van der Waals surface area contributed by atoms with Crippen LogP contribution in [0, 0.1) is 0 Å². The van der Waals surface area contributed by atoms with E-state index in [9.17, 15) is 5.11 Å². The van der Waals surface area contributed by atoms with Crippen molar-refractivity contribution in [3.05, 3.63) is 60.9 Å². The molecule has 2 aromatic carbocycles. The van der Waals surface area contributed by atoms with E-state index in [1.807, 2.05) is 23.0 Å². The van der Waals surface area contributed by atoms with Crippen LogP contribution in [0.3, 0.4) is 0 Å². The number of anilines is 1. The Labute approximate surface area is 151 Å². The summed E-state index contributed by atoms with van der Waals surface area (Å²) >= 11 is 0. The average Bonchev–Trinajstić information content (AvgIpc) is 3.34. The number of aliphatic hydroxyl groups excluding tert-OH is 1. The summed E-state index contributed by atoms with van der Waals surface area (Å²) in [7, 11) is 0. The lowest BCUT2D eigenvalue weighted by atomic mass is 10.0. The molecule has 1 N–H and O–H groups in total. The van der Waals surface area contributed by atoms with E-state index in [0.717, 1.165) is 42.0 Å². The number of nitrogens with zero attached hydrogens (tertiary/aromatic N) is 4. The van der Waals surface area contributed by atoms with Gasteiger partial charge in [0.1, 0.15) is 5.82 Å². The van der Waals surface area contributed by atoms with E-state index in [0.29, 0.717) is 0 Å². The second-order valence-corrected chi connectivity index (χ2v) is 6.83. The summed E-state index contributed by atoms with van der Waals surface area (Å²) in [4.78, 5) is 6.83. The standard InChI is InChI=1S/C21H20N4O/c26-14-18-6-3-11-24(18)20-9-10-22-21-19(13-23-25(20)21)17-8-7-15-4-1-2-5-16(15)12-17/h1-2,4-5,7-10,12-13,18,26H,3,6,11,14H2/t18-/m0/s1. The number of benzene rings is 2. The molecule has 5 rings (SSSR count). The Morgan fingerprint density at radius 1 is 1.08 bits per heavy atom. The highest BCUT2D eigenvalue weighted by Crippen LogP contribution is 2.30. The van der Waals surface area contributed by atoms with E-state index in [1.165, 1.54) is 10.8 Å². The van der Waals surface area contributed by atoms with E-state index in [-0.39, 0.29) is 12.6 Å². The number of rotatable bonds is 3. The molecule has 5 heteroatoms. The zero-order valence-corrected chi connectivity index (χ0v) is 14.4. The molecule has 1 aliphatic heterocycles. The van der Waals surface area contributed by atoms with Gasteiger partial charge in [-0.1, -0.05) is 36.4 Å². The lowest BCUT2D eigenvalue weighted by molar-refractivity contribution is 0.265. The van der Waals surface area contributed by atoms with Crippen LogP contribution in [-0.4, -0.2) is 38.9 Å². The van der Waals surface area contributed by atoms with Crippen molar-refractivity contribution in [3.63, 3.8) is 0 Å². The monoisotopic (exact) mass is 344 g/mol. The minimum atomic E-state index is 0.161. The fourth-order valence-corrected chi connectivity index (χ4v) is 3.98. The van der Waals surface area contributed by atoms with Gasteiger partial charge in [0.25, 0.3) is 0 Å². The molecule has 0 spiro atoms. The SMILES string of the molecule is OC[C@@H]1CCCN1c1ccnc2c(-c3ccc4ccccc4c3)cnn12. The van der Waals surface area contributed by atoms with Gasteiger partial charge in [-0.3, -0.25) is 0 Å². The molecule has 0 radical (unpaired) electrons. The summed E-state index contributed by atoms with van der Waals surface area (Å²) in [5.74, 6) is 0.999. The first kappa shape index (κ1) is 15.3. The molecule has 3 heterocycles. The van der Waals surface area contributed by atoms with E-state index < -0.39 is 0 Å². The molecule has 0 bridgehead atoms. The van der Waals surface area contributed by atoms with Crippen LogP contribution in [0.2, 0.25) is 0 Å². The molecular weight excluding hydrogens is 324 g/mol. The summed E-state index contributed by atoms with van der Waals surface area (Å²) < 4.78 is 1.90. The fourth-order valence-electron chi connectivity index (χ4n) is 3.98. The predicted molar refractivity (Wildman–Crippen MR) is 103 cm³/mol. The molecule has 0 amide bonds. The quantitative estimate of drug-likeness (QED) is 0.618. The molecule has 0 unspecified atom stereocenters. The Bertz CT molecular complexity index is 1090. The minimum absolute atomic E-state index is 0.161. The summed E-state index contributed by atoms with van der Waals surface area (Å²) in [5, 5.41) is 16.7. The molecule has 5 nitrogen and oxygen atoms in total. The van der Waals surface area contributed by atoms with Crippen LogP contribution in [-0.2, 0) is 0 Å². The Kier molecular flexibility index (Phi) is 3.60. The maximum atomic E-state index is 9.67. The third-order valence-corrected chi connectivity index (χ3v) is 5.32. The first-order chi connectivity index (χ1) is 12.8. The normalized spacial score (nSPS) is 17.4. The highest BCUT2D eigenvalue weighted by Gasteiger charge is 2.26. The Morgan fingerprint density at radius 2 is 1.96 bits per heavy atom. The highest BCUT2D eigenvalue weighted by atomic mass is 16.3. The maximum Gasteiger partial charge on any atom is 0.165 e. The average molecular weight is 344 g/mol. The third-order valence-electron chi connectivity index (χ3n) is 5.32. The van der Waals surface area contributed by atoms with Crippen molar-refractivity contribution in [1.82, 2.24) is 14.6 Å². The van der Waals surface area contributed by atoms with Gasteiger partial charge in [-0.2, -0.15) is 9.61 Å². The summed E-state index contributed by atoms with van der Waals surface area (Å²) in [5.41, 5.74) is 2.99. The van der Waals surface area contributed by atoms with Gasteiger partial charge in [0.15, 0.2) is 5.65 Å². The smallest absolute Gasteiger partial charge is 0.165 e. The van der Waals surface area contributed by atoms with Crippen molar-refractivity contribution in [2.24, 2.45) is 0 Å². The molecule has 1 atom stereocenters. The number of hydrogen-bond donors (Lipinski definition) is 1. The van der Waals surface area contributed by atoms with Gasteiger partial charge in [-0.25, -0.2) is 4.98 Å². The zero-order valence-electron chi connectivity index (χ0n) is 14.4. The van der Waals surface area contributed by atoms with Crippen molar-refractivity contribution in [1.29, 1.82) is 0 Å². The molecule has 1 fully saturated rings. The van der Waals surface area contributed by atoms with Crippen molar-refractivity contribution in [3.8, 4) is 11.1 Å².